The first-order valence-corrected chi connectivity index (χ1v) is 6.91. The topological polar surface area (TPSA) is 45.0 Å². The molecule has 102 valence electrons. The second-order valence-electron chi connectivity index (χ2n) is 5.58. The number of ether oxygens (including phenoxy) is 1. The van der Waals surface area contributed by atoms with Gasteiger partial charge in [0.2, 0.25) is 0 Å². The summed E-state index contributed by atoms with van der Waals surface area (Å²) in [6, 6.07) is 10.3. The van der Waals surface area contributed by atoms with E-state index in [0.717, 1.165) is 25.1 Å². The highest BCUT2D eigenvalue weighted by atomic mass is 16.5. The molecule has 1 atom stereocenters. The predicted molar refractivity (Wildman–Crippen MR) is 75.7 cm³/mol. The Bertz CT molecular complexity index is 443. The average molecular weight is 258 g/mol. The first kappa shape index (κ1) is 14.0. The molecular formula is C16H22N2O. The Morgan fingerprint density at radius 2 is 2.05 bits per heavy atom. The quantitative estimate of drug-likeness (QED) is 0.817. The van der Waals surface area contributed by atoms with E-state index in [4.69, 9.17) is 10.00 Å². The molecule has 1 aromatic rings. The Hall–Kier alpha value is -1.37. The molecule has 0 heterocycles. The molecule has 3 heteroatoms. The van der Waals surface area contributed by atoms with Crippen molar-refractivity contribution in [3.05, 3.63) is 35.4 Å². The third kappa shape index (κ3) is 3.79. The largest absolute Gasteiger partial charge is 0.385 e. The normalized spacial score (nSPS) is 17.7. The summed E-state index contributed by atoms with van der Waals surface area (Å²) in [5.74, 6) is 0. The van der Waals surface area contributed by atoms with Crippen molar-refractivity contribution in [2.75, 3.05) is 20.3 Å². The van der Waals surface area contributed by atoms with Crippen molar-refractivity contribution in [3.63, 3.8) is 0 Å². The summed E-state index contributed by atoms with van der Waals surface area (Å²) in [5, 5.41) is 12.4. The van der Waals surface area contributed by atoms with Crippen LogP contribution in [0.5, 0.6) is 0 Å². The Morgan fingerprint density at radius 3 is 2.58 bits per heavy atom. The lowest BCUT2D eigenvalue weighted by Crippen LogP contribution is -2.27. The number of nitrogens with zero attached hydrogens (tertiary/aromatic N) is 1. The van der Waals surface area contributed by atoms with Gasteiger partial charge in [-0.2, -0.15) is 5.26 Å². The van der Waals surface area contributed by atoms with Gasteiger partial charge in [0.25, 0.3) is 0 Å². The molecule has 1 fully saturated rings. The molecule has 0 aliphatic heterocycles. The summed E-state index contributed by atoms with van der Waals surface area (Å²) in [7, 11) is 1.77. The van der Waals surface area contributed by atoms with Crippen molar-refractivity contribution in [3.8, 4) is 6.07 Å². The standard InChI is InChI=1S/C16H22N2O/c1-13(15-5-3-14(11-17)4-6-15)18-12-16(7-8-16)9-10-19-2/h3-6,13,18H,7-10,12H2,1-2H3. The van der Waals surface area contributed by atoms with Crippen LogP contribution < -0.4 is 5.32 Å². The number of nitriles is 1. The Morgan fingerprint density at radius 1 is 1.37 bits per heavy atom. The number of methoxy groups -OCH3 is 1. The van der Waals surface area contributed by atoms with Gasteiger partial charge in [-0.05, 0) is 49.3 Å². The van der Waals surface area contributed by atoms with Crippen molar-refractivity contribution in [2.24, 2.45) is 5.41 Å². The number of hydrogen-bond acceptors (Lipinski definition) is 3. The molecule has 1 aliphatic carbocycles. The van der Waals surface area contributed by atoms with Gasteiger partial charge in [0.05, 0.1) is 11.6 Å². The van der Waals surface area contributed by atoms with E-state index in [2.05, 4.69) is 18.3 Å². The van der Waals surface area contributed by atoms with Gasteiger partial charge in [-0.1, -0.05) is 12.1 Å². The van der Waals surface area contributed by atoms with Crippen LogP contribution in [-0.4, -0.2) is 20.3 Å². The molecule has 19 heavy (non-hydrogen) atoms. The van der Waals surface area contributed by atoms with Crippen molar-refractivity contribution >= 4 is 0 Å². The van der Waals surface area contributed by atoms with E-state index < -0.39 is 0 Å². The van der Waals surface area contributed by atoms with Gasteiger partial charge < -0.3 is 10.1 Å². The van der Waals surface area contributed by atoms with Gasteiger partial charge in [0.1, 0.15) is 0 Å². The van der Waals surface area contributed by atoms with Crippen molar-refractivity contribution in [2.45, 2.75) is 32.2 Å². The molecule has 0 bridgehead atoms. The molecule has 1 aromatic carbocycles. The zero-order valence-electron chi connectivity index (χ0n) is 11.8. The van der Waals surface area contributed by atoms with Gasteiger partial charge in [0, 0.05) is 26.3 Å². The van der Waals surface area contributed by atoms with Crippen LogP contribution in [0.25, 0.3) is 0 Å². The summed E-state index contributed by atoms with van der Waals surface area (Å²) in [6.45, 7) is 4.08. The molecule has 2 rings (SSSR count). The number of nitrogens with one attached hydrogen (secondary N) is 1. The molecule has 1 saturated carbocycles. The van der Waals surface area contributed by atoms with Crippen LogP contribution in [0.4, 0.5) is 0 Å². The lowest BCUT2D eigenvalue weighted by molar-refractivity contribution is 0.170. The smallest absolute Gasteiger partial charge is 0.0991 e. The van der Waals surface area contributed by atoms with Gasteiger partial charge in [-0.25, -0.2) is 0 Å². The summed E-state index contributed by atoms with van der Waals surface area (Å²) in [6.07, 6.45) is 3.77. The minimum atomic E-state index is 0.327. The van der Waals surface area contributed by atoms with Crippen LogP contribution in [-0.2, 0) is 4.74 Å². The van der Waals surface area contributed by atoms with E-state index in [0.29, 0.717) is 11.5 Å². The third-order valence-corrected chi connectivity index (χ3v) is 4.12. The van der Waals surface area contributed by atoms with Gasteiger partial charge in [0.15, 0.2) is 0 Å². The summed E-state index contributed by atoms with van der Waals surface area (Å²) >= 11 is 0. The van der Waals surface area contributed by atoms with Crippen LogP contribution in [0, 0.1) is 16.7 Å². The van der Waals surface area contributed by atoms with Crippen molar-refractivity contribution in [1.82, 2.24) is 5.32 Å². The number of rotatable bonds is 7. The fourth-order valence-corrected chi connectivity index (χ4v) is 2.34. The van der Waals surface area contributed by atoms with E-state index in [9.17, 15) is 0 Å². The maximum atomic E-state index is 8.79. The molecular weight excluding hydrogens is 236 g/mol. The highest BCUT2D eigenvalue weighted by Crippen LogP contribution is 2.48. The molecule has 1 N–H and O–H groups in total. The minimum absolute atomic E-state index is 0.327. The monoisotopic (exact) mass is 258 g/mol. The fourth-order valence-electron chi connectivity index (χ4n) is 2.34. The van der Waals surface area contributed by atoms with Crippen molar-refractivity contribution in [1.29, 1.82) is 5.26 Å². The highest BCUT2D eigenvalue weighted by Gasteiger charge is 2.41. The second-order valence-corrected chi connectivity index (χ2v) is 5.58. The van der Waals surface area contributed by atoms with Crippen LogP contribution in [0.15, 0.2) is 24.3 Å². The molecule has 0 spiro atoms. The van der Waals surface area contributed by atoms with E-state index in [1.165, 1.54) is 18.4 Å². The Kier molecular flexibility index (Phi) is 4.57. The average Bonchev–Trinajstić information content (AvgIpc) is 3.23. The fraction of sp³-hybridized carbons (Fsp3) is 0.562. The summed E-state index contributed by atoms with van der Waals surface area (Å²) in [4.78, 5) is 0. The zero-order valence-corrected chi connectivity index (χ0v) is 11.8. The second kappa shape index (κ2) is 6.18. The summed E-state index contributed by atoms with van der Waals surface area (Å²) < 4.78 is 5.18. The third-order valence-electron chi connectivity index (χ3n) is 4.12. The van der Waals surface area contributed by atoms with Crippen LogP contribution >= 0.6 is 0 Å². The highest BCUT2D eigenvalue weighted by molar-refractivity contribution is 5.32. The van der Waals surface area contributed by atoms with Crippen LogP contribution in [0.1, 0.15) is 43.4 Å². The van der Waals surface area contributed by atoms with Gasteiger partial charge in [-0.3, -0.25) is 0 Å². The Labute approximate surface area is 115 Å². The SMILES string of the molecule is COCCC1(CNC(C)c2ccc(C#N)cc2)CC1. The van der Waals surface area contributed by atoms with Gasteiger partial charge >= 0.3 is 0 Å². The molecule has 1 unspecified atom stereocenters. The first-order chi connectivity index (χ1) is 9.19. The van der Waals surface area contributed by atoms with Gasteiger partial charge in [-0.15, -0.1) is 0 Å². The van der Waals surface area contributed by atoms with Crippen molar-refractivity contribution < 1.29 is 4.74 Å². The molecule has 0 radical (unpaired) electrons. The Balaban J connectivity index is 1.84. The van der Waals surface area contributed by atoms with Crippen LogP contribution in [0.2, 0.25) is 0 Å². The molecule has 3 nitrogen and oxygen atoms in total. The van der Waals surface area contributed by atoms with Crippen LogP contribution in [0.3, 0.4) is 0 Å². The lowest BCUT2D eigenvalue weighted by Gasteiger charge is -2.20. The molecule has 0 aromatic heterocycles. The summed E-state index contributed by atoms with van der Waals surface area (Å²) in [5.41, 5.74) is 2.42. The maximum absolute atomic E-state index is 8.79. The van der Waals surface area contributed by atoms with E-state index in [1.807, 2.05) is 24.3 Å². The van der Waals surface area contributed by atoms with E-state index in [-0.39, 0.29) is 0 Å². The zero-order chi connectivity index (χ0) is 13.7. The number of hydrogen-bond donors (Lipinski definition) is 1. The molecule has 0 saturated heterocycles. The number of benzene rings is 1. The lowest BCUT2D eigenvalue weighted by atomic mass is 10.0. The first-order valence-electron chi connectivity index (χ1n) is 6.91. The minimum Gasteiger partial charge on any atom is -0.385 e. The molecule has 1 aliphatic rings. The molecule has 0 amide bonds. The van der Waals surface area contributed by atoms with E-state index in [1.54, 1.807) is 7.11 Å². The maximum Gasteiger partial charge on any atom is 0.0991 e. The van der Waals surface area contributed by atoms with E-state index >= 15 is 0 Å². The predicted octanol–water partition coefficient (Wildman–Crippen LogP) is 3.03.